The molecule has 0 spiro atoms. The fourth-order valence-corrected chi connectivity index (χ4v) is 1.49. The van der Waals surface area contributed by atoms with E-state index in [1.807, 2.05) is 12.1 Å². The molecule has 0 bridgehead atoms. The number of hydrogen-bond donors (Lipinski definition) is 2. The number of hydrogen-bond acceptors (Lipinski definition) is 1. The molecule has 3 N–H and O–H groups in total. The third-order valence-electron chi connectivity index (χ3n) is 2.33. The lowest BCUT2D eigenvalue weighted by Gasteiger charge is -1.92. The Hall–Kier alpha value is -1.15. The first kappa shape index (κ1) is 9.93. The Morgan fingerprint density at radius 2 is 1.92 bits per heavy atom. The average molecular weight is 197 g/mol. The van der Waals surface area contributed by atoms with Crippen molar-refractivity contribution >= 4 is 29.0 Å². The minimum Gasteiger partial charge on any atom is -0.399 e. The second kappa shape index (κ2) is 3.30. The maximum Gasteiger partial charge on any atom is 0.0479 e. The number of aromatic nitrogens is 1. The number of nitrogen functional groups attached to an aromatic ring is 1. The highest BCUT2D eigenvalue weighted by Gasteiger charge is 2.02. The second-order valence-electron chi connectivity index (χ2n) is 3.18. The van der Waals surface area contributed by atoms with Crippen LogP contribution in [0, 0.1) is 13.8 Å². The Balaban J connectivity index is 0.000000845. The molecule has 2 rings (SSSR count). The molecule has 0 aliphatic rings. The van der Waals surface area contributed by atoms with Crippen molar-refractivity contribution in [2.75, 3.05) is 5.73 Å². The number of nitrogens with one attached hydrogen (secondary N) is 1. The van der Waals surface area contributed by atoms with Gasteiger partial charge in [0.2, 0.25) is 0 Å². The van der Waals surface area contributed by atoms with Crippen molar-refractivity contribution in [1.82, 2.24) is 4.98 Å². The van der Waals surface area contributed by atoms with Gasteiger partial charge in [0, 0.05) is 22.3 Å². The smallest absolute Gasteiger partial charge is 0.0479 e. The average Bonchev–Trinajstić information content (AvgIpc) is 2.28. The van der Waals surface area contributed by atoms with E-state index in [9.17, 15) is 0 Å². The number of nitrogens with two attached hydrogens (primary N) is 1. The molecule has 0 saturated carbocycles. The molecule has 3 heteroatoms. The number of H-pyrrole nitrogens is 1. The van der Waals surface area contributed by atoms with Gasteiger partial charge in [-0.2, -0.15) is 0 Å². The number of fused-ring (bicyclic) bond motifs is 1. The Labute approximate surface area is 83.5 Å². The van der Waals surface area contributed by atoms with Gasteiger partial charge < -0.3 is 10.7 Å². The van der Waals surface area contributed by atoms with Crippen molar-refractivity contribution in [3.05, 3.63) is 29.5 Å². The Kier molecular flexibility index (Phi) is 2.52. The van der Waals surface area contributed by atoms with Crippen LogP contribution in [0.2, 0.25) is 0 Å². The van der Waals surface area contributed by atoms with Crippen LogP contribution in [0.3, 0.4) is 0 Å². The molecule has 70 valence electrons. The van der Waals surface area contributed by atoms with Crippen LogP contribution in [0.4, 0.5) is 5.69 Å². The van der Waals surface area contributed by atoms with Crippen molar-refractivity contribution < 1.29 is 0 Å². The van der Waals surface area contributed by atoms with Crippen molar-refractivity contribution in [2.45, 2.75) is 13.8 Å². The first-order valence-electron chi connectivity index (χ1n) is 4.03. The summed E-state index contributed by atoms with van der Waals surface area (Å²) in [5.74, 6) is 0. The van der Waals surface area contributed by atoms with Gasteiger partial charge in [-0.15, -0.1) is 12.4 Å². The van der Waals surface area contributed by atoms with Crippen molar-refractivity contribution in [3.8, 4) is 0 Å². The van der Waals surface area contributed by atoms with Gasteiger partial charge in [0.25, 0.3) is 0 Å². The number of benzene rings is 1. The zero-order chi connectivity index (χ0) is 8.72. The number of anilines is 1. The van der Waals surface area contributed by atoms with E-state index >= 15 is 0 Å². The van der Waals surface area contributed by atoms with Gasteiger partial charge in [0.15, 0.2) is 0 Å². The first-order chi connectivity index (χ1) is 5.68. The molecule has 0 fully saturated rings. The van der Waals surface area contributed by atoms with Crippen molar-refractivity contribution in [2.24, 2.45) is 0 Å². The zero-order valence-corrected chi connectivity index (χ0v) is 8.53. The maximum atomic E-state index is 5.66. The third-order valence-corrected chi connectivity index (χ3v) is 2.33. The number of aryl methyl sites for hydroxylation is 2. The third kappa shape index (κ3) is 1.49. The van der Waals surface area contributed by atoms with Gasteiger partial charge >= 0.3 is 0 Å². The van der Waals surface area contributed by atoms with Gasteiger partial charge in [0.05, 0.1) is 0 Å². The summed E-state index contributed by atoms with van der Waals surface area (Å²) in [4.78, 5) is 3.29. The van der Waals surface area contributed by atoms with Gasteiger partial charge in [0.1, 0.15) is 0 Å². The van der Waals surface area contributed by atoms with Crippen LogP contribution in [-0.2, 0) is 0 Å². The topological polar surface area (TPSA) is 41.8 Å². The van der Waals surface area contributed by atoms with Crippen LogP contribution >= 0.6 is 12.4 Å². The molecule has 1 heterocycles. The molecule has 0 aliphatic heterocycles. The molecule has 0 radical (unpaired) electrons. The van der Waals surface area contributed by atoms with E-state index in [2.05, 4.69) is 24.9 Å². The Morgan fingerprint density at radius 3 is 2.62 bits per heavy atom. The number of rotatable bonds is 0. The molecular formula is C10H13ClN2. The summed E-state index contributed by atoms with van der Waals surface area (Å²) in [7, 11) is 0. The molecule has 0 saturated heterocycles. The fourth-order valence-electron chi connectivity index (χ4n) is 1.49. The molecule has 1 aromatic heterocycles. The Morgan fingerprint density at radius 1 is 1.23 bits per heavy atom. The van der Waals surface area contributed by atoms with Crippen LogP contribution in [0.1, 0.15) is 11.3 Å². The predicted molar refractivity (Wildman–Crippen MR) is 59.4 cm³/mol. The normalized spacial score (nSPS) is 10.0. The zero-order valence-electron chi connectivity index (χ0n) is 7.72. The summed E-state index contributed by atoms with van der Waals surface area (Å²) >= 11 is 0. The molecule has 13 heavy (non-hydrogen) atoms. The van der Waals surface area contributed by atoms with E-state index < -0.39 is 0 Å². The van der Waals surface area contributed by atoms with Crippen molar-refractivity contribution in [3.63, 3.8) is 0 Å². The Bertz CT molecular complexity index is 432. The molecule has 0 unspecified atom stereocenters. The van der Waals surface area contributed by atoms with Crippen LogP contribution < -0.4 is 5.73 Å². The molecular weight excluding hydrogens is 184 g/mol. The van der Waals surface area contributed by atoms with Gasteiger partial charge in [-0.1, -0.05) is 6.07 Å². The van der Waals surface area contributed by atoms with Gasteiger partial charge in [-0.25, -0.2) is 0 Å². The highest BCUT2D eigenvalue weighted by molar-refractivity contribution is 5.86. The highest BCUT2D eigenvalue weighted by atomic mass is 35.5. The van der Waals surface area contributed by atoms with Gasteiger partial charge in [-0.05, 0) is 31.5 Å². The van der Waals surface area contributed by atoms with E-state index in [0.717, 1.165) is 11.2 Å². The standard InChI is InChI=1S/C10H12N2.ClH/c1-6-7(2)12-10-5-8(11)3-4-9(6)10;/h3-5,12H,11H2,1-2H3;1H. The lowest BCUT2D eigenvalue weighted by Crippen LogP contribution is -1.82. The van der Waals surface area contributed by atoms with Crippen LogP contribution in [-0.4, -0.2) is 4.98 Å². The molecule has 1 aromatic carbocycles. The quantitative estimate of drug-likeness (QED) is 0.626. The van der Waals surface area contributed by atoms with E-state index in [1.54, 1.807) is 0 Å². The highest BCUT2D eigenvalue weighted by Crippen LogP contribution is 2.22. The molecule has 0 aliphatic carbocycles. The van der Waals surface area contributed by atoms with Crippen LogP contribution in [0.25, 0.3) is 10.9 Å². The first-order valence-corrected chi connectivity index (χ1v) is 4.03. The molecule has 2 nitrogen and oxygen atoms in total. The largest absolute Gasteiger partial charge is 0.399 e. The van der Waals surface area contributed by atoms with Gasteiger partial charge in [-0.3, -0.25) is 0 Å². The molecule has 0 atom stereocenters. The lowest BCUT2D eigenvalue weighted by molar-refractivity contribution is 1.25. The minimum absolute atomic E-state index is 0. The minimum atomic E-state index is 0. The predicted octanol–water partition coefficient (Wildman–Crippen LogP) is 2.79. The van der Waals surface area contributed by atoms with E-state index in [0.29, 0.717) is 0 Å². The van der Waals surface area contributed by atoms with Crippen molar-refractivity contribution in [1.29, 1.82) is 0 Å². The fraction of sp³-hybridized carbons (Fsp3) is 0.200. The number of halogens is 1. The summed E-state index contributed by atoms with van der Waals surface area (Å²) in [5, 5.41) is 1.27. The monoisotopic (exact) mass is 196 g/mol. The van der Waals surface area contributed by atoms with Crippen LogP contribution in [0.15, 0.2) is 18.2 Å². The second-order valence-corrected chi connectivity index (χ2v) is 3.18. The summed E-state index contributed by atoms with van der Waals surface area (Å²) < 4.78 is 0. The van der Waals surface area contributed by atoms with Crippen LogP contribution in [0.5, 0.6) is 0 Å². The summed E-state index contributed by atoms with van der Waals surface area (Å²) in [6.07, 6.45) is 0. The van der Waals surface area contributed by atoms with E-state index in [-0.39, 0.29) is 12.4 Å². The maximum absolute atomic E-state index is 5.66. The molecule has 0 amide bonds. The lowest BCUT2D eigenvalue weighted by atomic mass is 10.1. The SMILES string of the molecule is Cc1[nH]c2cc(N)ccc2c1C.Cl. The summed E-state index contributed by atoms with van der Waals surface area (Å²) in [6, 6.07) is 5.96. The van der Waals surface area contributed by atoms with E-state index in [4.69, 9.17) is 5.73 Å². The van der Waals surface area contributed by atoms with E-state index in [1.165, 1.54) is 16.6 Å². The number of aromatic amines is 1. The molecule has 2 aromatic rings. The summed E-state index contributed by atoms with van der Waals surface area (Å²) in [5.41, 5.74) is 10.1. The summed E-state index contributed by atoms with van der Waals surface area (Å²) in [6.45, 7) is 4.19.